The topological polar surface area (TPSA) is 76.7 Å². The van der Waals surface area contributed by atoms with Gasteiger partial charge < -0.3 is 14.8 Å². The zero-order valence-electron chi connectivity index (χ0n) is 21.1. The van der Waals surface area contributed by atoms with Crippen molar-refractivity contribution in [2.75, 3.05) is 39.3 Å². The molecular formula is C29H34N4O3. The number of amides is 2. The van der Waals surface area contributed by atoms with E-state index in [1.54, 1.807) is 23.2 Å². The van der Waals surface area contributed by atoms with Gasteiger partial charge in [0, 0.05) is 68.0 Å². The lowest BCUT2D eigenvalue weighted by Gasteiger charge is -2.38. The lowest BCUT2D eigenvalue weighted by Crippen LogP contribution is -2.49. The summed E-state index contributed by atoms with van der Waals surface area (Å²) in [6.45, 7) is 8.53. The van der Waals surface area contributed by atoms with Crippen LogP contribution < -0.4 is 0 Å². The number of aromatic amines is 1. The van der Waals surface area contributed by atoms with Crippen molar-refractivity contribution < 1.29 is 14.4 Å². The lowest BCUT2D eigenvalue weighted by atomic mass is 9.98. The van der Waals surface area contributed by atoms with Crippen molar-refractivity contribution in [1.29, 1.82) is 0 Å². The van der Waals surface area contributed by atoms with Crippen molar-refractivity contribution in [3.63, 3.8) is 0 Å². The molecule has 0 aliphatic carbocycles. The molecule has 2 aromatic carbocycles. The summed E-state index contributed by atoms with van der Waals surface area (Å²) in [6, 6.07) is 16.1. The molecule has 2 aliphatic rings. The minimum atomic E-state index is -0.510. The average molecular weight is 487 g/mol. The van der Waals surface area contributed by atoms with E-state index in [-0.39, 0.29) is 5.91 Å². The minimum absolute atomic E-state index is 0.0418. The van der Waals surface area contributed by atoms with Crippen LogP contribution in [0.4, 0.5) is 0 Å². The molecule has 7 nitrogen and oxygen atoms in total. The van der Waals surface area contributed by atoms with Crippen molar-refractivity contribution in [3.05, 3.63) is 71.4 Å². The number of nitrogens with one attached hydrogen (secondary N) is 1. The molecule has 0 saturated carbocycles. The summed E-state index contributed by atoms with van der Waals surface area (Å²) in [7, 11) is 0. The Bertz CT molecular complexity index is 1250. The first-order valence-electron chi connectivity index (χ1n) is 13.0. The van der Waals surface area contributed by atoms with Gasteiger partial charge in [0.25, 0.3) is 17.6 Å². The summed E-state index contributed by atoms with van der Waals surface area (Å²) in [5.74, 6) is -0.429. The molecule has 1 unspecified atom stereocenters. The maximum atomic E-state index is 13.3. The third-order valence-electron chi connectivity index (χ3n) is 7.87. The van der Waals surface area contributed by atoms with E-state index < -0.39 is 11.7 Å². The number of benzene rings is 2. The summed E-state index contributed by atoms with van der Waals surface area (Å²) in [6.07, 6.45) is 3.43. The van der Waals surface area contributed by atoms with Crippen LogP contribution in [0.2, 0.25) is 0 Å². The molecule has 3 aromatic rings. The van der Waals surface area contributed by atoms with E-state index >= 15 is 0 Å². The van der Waals surface area contributed by atoms with Gasteiger partial charge in [0.1, 0.15) is 0 Å². The van der Waals surface area contributed by atoms with Crippen LogP contribution in [0.25, 0.3) is 10.9 Å². The Balaban J connectivity index is 1.27. The number of piperazine rings is 1. The normalized spacial score (nSPS) is 18.4. The number of fused-ring (bicyclic) bond motifs is 1. The fourth-order valence-corrected chi connectivity index (χ4v) is 5.35. The number of carbonyl (C=O) groups excluding carboxylic acids is 3. The van der Waals surface area contributed by atoms with Gasteiger partial charge in [-0.05, 0) is 49.4 Å². The van der Waals surface area contributed by atoms with E-state index in [0.29, 0.717) is 54.7 Å². The highest BCUT2D eigenvalue weighted by atomic mass is 16.2. The molecule has 1 N–H and O–H groups in total. The second-order valence-corrected chi connectivity index (χ2v) is 10.2. The first-order chi connectivity index (χ1) is 17.4. The average Bonchev–Trinajstić information content (AvgIpc) is 3.36. The molecule has 0 spiro atoms. The first-order valence-corrected chi connectivity index (χ1v) is 13.0. The van der Waals surface area contributed by atoms with Crippen LogP contribution in [-0.2, 0) is 4.79 Å². The molecule has 2 amide bonds. The van der Waals surface area contributed by atoms with Gasteiger partial charge in [0.15, 0.2) is 0 Å². The standard InChI is InChI=1S/C29H34N4O3/c1-20-10-12-32(13-11-20)29(36)27(34)25-19-30-26-9-8-23(18-24(25)26)28(35)33-16-14-31(15-17-33)21(2)22-6-4-3-5-7-22/h3-9,18-21,30H,10-17H2,1-2H3. The van der Waals surface area contributed by atoms with Crippen LogP contribution >= 0.6 is 0 Å². The fourth-order valence-electron chi connectivity index (χ4n) is 5.35. The van der Waals surface area contributed by atoms with Crippen LogP contribution in [0.5, 0.6) is 0 Å². The highest BCUT2D eigenvalue weighted by molar-refractivity contribution is 6.44. The van der Waals surface area contributed by atoms with Crippen molar-refractivity contribution >= 4 is 28.5 Å². The van der Waals surface area contributed by atoms with Crippen molar-refractivity contribution in [1.82, 2.24) is 19.7 Å². The second kappa shape index (κ2) is 10.3. The number of ketones is 1. The first kappa shape index (κ1) is 24.3. The highest BCUT2D eigenvalue weighted by Gasteiger charge is 2.29. The number of carbonyl (C=O) groups is 3. The number of Topliss-reactive ketones (excluding diaryl/α,β-unsaturated/α-hetero) is 1. The van der Waals surface area contributed by atoms with Crippen LogP contribution in [0.3, 0.4) is 0 Å². The maximum absolute atomic E-state index is 13.3. The lowest BCUT2D eigenvalue weighted by molar-refractivity contribution is -0.127. The Hall–Kier alpha value is -3.45. The zero-order valence-corrected chi connectivity index (χ0v) is 21.1. The molecule has 0 radical (unpaired) electrons. The van der Waals surface area contributed by atoms with E-state index in [1.165, 1.54) is 5.56 Å². The molecule has 7 heteroatoms. The summed E-state index contributed by atoms with van der Waals surface area (Å²) in [5, 5.41) is 0.626. The molecule has 2 fully saturated rings. The van der Waals surface area contributed by atoms with Crippen molar-refractivity contribution in [2.24, 2.45) is 5.92 Å². The minimum Gasteiger partial charge on any atom is -0.360 e. The highest BCUT2D eigenvalue weighted by Crippen LogP contribution is 2.25. The number of rotatable bonds is 5. The smallest absolute Gasteiger partial charge is 0.295 e. The predicted octanol–water partition coefficient (Wildman–Crippen LogP) is 4.13. The number of aromatic nitrogens is 1. The van der Waals surface area contributed by atoms with Crippen LogP contribution in [0, 0.1) is 5.92 Å². The molecule has 36 heavy (non-hydrogen) atoms. The Labute approximate surface area is 212 Å². The number of H-pyrrole nitrogens is 1. The van der Waals surface area contributed by atoms with Gasteiger partial charge in [-0.3, -0.25) is 19.3 Å². The molecule has 5 rings (SSSR count). The SMILES string of the molecule is CC1CCN(C(=O)C(=O)c2c[nH]c3ccc(C(=O)N4CCN(C(C)c5ccccc5)CC4)cc23)CC1. The van der Waals surface area contributed by atoms with Gasteiger partial charge in [-0.1, -0.05) is 37.3 Å². The number of nitrogens with zero attached hydrogens (tertiary/aromatic N) is 3. The maximum Gasteiger partial charge on any atom is 0.295 e. The number of piperidine rings is 1. The van der Waals surface area contributed by atoms with Crippen LogP contribution in [0.15, 0.2) is 54.7 Å². The van der Waals surface area contributed by atoms with Crippen molar-refractivity contribution in [2.45, 2.75) is 32.7 Å². The predicted molar refractivity (Wildman–Crippen MR) is 140 cm³/mol. The van der Waals surface area contributed by atoms with E-state index in [2.05, 4.69) is 48.0 Å². The molecular weight excluding hydrogens is 452 g/mol. The van der Waals surface area contributed by atoms with Gasteiger partial charge >= 0.3 is 0 Å². The molecule has 1 aromatic heterocycles. The van der Waals surface area contributed by atoms with E-state index in [0.717, 1.165) is 31.4 Å². The molecule has 3 heterocycles. The summed E-state index contributed by atoms with van der Waals surface area (Å²) in [4.78, 5) is 48.3. The Morgan fingerprint density at radius 2 is 1.58 bits per heavy atom. The summed E-state index contributed by atoms with van der Waals surface area (Å²) >= 11 is 0. The Morgan fingerprint density at radius 1 is 0.889 bits per heavy atom. The number of likely N-dealkylation sites (tertiary alicyclic amines) is 1. The van der Waals surface area contributed by atoms with Gasteiger partial charge in [-0.2, -0.15) is 0 Å². The third kappa shape index (κ3) is 4.80. The molecule has 2 saturated heterocycles. The Morgan fingerprint density at radius 3 is 2.28 bits per heavy atom. The molecule has 188 valence electrons. The molecule has 0 bridgehead atoms. The summed E-state index contributed by atoms with van der Waals surface area (Å²) < 4.78 is 0. The van der Waals surface area contributed by atoms with Crippen molar-refractivity contribution in [3.8, 4) is 0 Å². The molecule has 2 aliphatic heterocycles. The largest absolute Gasteiger partial charge is 0.360 e. The van der Waals surface area contributed by atoms with E-state index in [9.17, 15) is 14.4 Å². The summed E-state index contributed by atoms with van der Waals surface area (Å²) in [5.41, 5.74) is 2.90. The zero-order chi connectivity index (χ0) is 25.2. The van der Waals surface area contributed by atoms with Crippen LogP contribution in [0.1, 0.15) is 59.0 Å². The van der Waals surface area contributed by atoms with E-state index in [4.69, 9.17) is 0 Å². The fraction of sp³-hybridized carbons (Fsp3) is 0.414. The number of hydrogen-bond acceptors (Lipinski definition) is 4. The molecule has 1 atom stereocenters. The Kier molecular flexibility index (Phi) is 6.92. The van der Waals surface area contributed by atoms with Gasteiger partial charge in [0.05, 0.1) is 5.56 Å². The number of hydrogen-bond donors (Lipinski definition) is 1. The quantitative estimate of drug-likeness (QED) is 0.435. The van der Waals surface area contributed by atoms with E-state index in [1.807, 2.05) is 17.0 Å². The van der Waals surface area contributed by atoms with Crippen LogP contribution in [-0.4, -0.2) is 76.5 Å². The van der Waals surface area contributed by atoms with Gasteiger partial charge in [-0.25, -0.2) is 0 Å². The van der Waals surface area contributed by atoms with Gasteiger partial charge in [0.2, 0.25) is 0 Å². The third-order valence-corrected chi connectivity index (χ3v) is 7.87. The monoisotopic (exact) mass is 486 g/mol. The second-order valence-electron chi connectivity index (χ2n) is 10.2. The van der Waals surface area contributed by atoms with Gasteiger partial charge in [-0.15, -0.1) is 0 Å².